The van der Waals surface area contributed by atoms with E-state index in [-0.39, 0.29) is 35.6 Å². The molecule has 1 heterocycles. The van der Waals surface area contributed by atoms with Crippen molar-refractivity contribution in [3.8, 4) is 0 Å². The third kappa shape index (κ3) is 3.58. The lowest BCUT2D eigenvalue weighted by Gasteiger charge is -2.32. The van der Waals surface area contributed by atoms with Gasteiger partial charge in [0.15, 0.2) is 0 Å². The predicted octanol–water partition coefficient (Wildman–Crippen LogP) is 3.79. The molecule has 3 rings (SSSR count). The van der Waals surface area contributed by atoms with E-state index < -0.39 is 0 Å². The van der Waals surface area contributed by atoms with Gasteiger partial charge in [-0.15, -0.1) is 24.8 Å². The molecule has 2 aliphatic rings. The normalized spacial score (nSPS) is 28.0. The minimum Gasteiger partial charge on any atom is -0.325 e. The first-order valence-corrected chi connectivity index (χ1v) is 7.05. The molecule has 0 amide bonds. The third-order valence-electron chi connectivity index (χ3n) is 5.42. The van der Waals surface area contributed by atoms with Gasteiger partial charge < -0.3 is 5.73 Å². The Morgan fingerprint density at radius 3 is 2.19 bits per heavy atom. The molecule has 0 aliphatic heterocycles. The van der Waals surface area contributed by atoms with E-state index in [1.807, 2.05) is 18.2 Å². The van der Waals surface area contributed by atoms with Crippen molar-refractivity contribution in [2.24, 2.45) is 22.5 Å². The second-order valence-corrected chi connectivity index (χ2v) is 6.44. The summed E-state index contributed by atoms with van der Waals surface area (Å²) in [4.78, 5) is 15.5. The highest BCUT2D eigenvalue weighted by molar-refractivity contribution is 5.89. The second-order valence-electron chi connectivity index (χ2n) is 6.44. The molecule has 21 heavy (non-hydrogen) atoms. The Kier molecular flexibility index (Phi) is 7.34. The van der Waals surface area contributed by atoms with E-state index in [2.05, 4.69) is 25.8 Å². The molecule has 3 nitrogen and oxygen atoms in total. The maximum Gasteiger partial charge on any atom is 0.139 e. The number of carbonyl (C=O) groups is 1. The molecule has 0 radical (unpaired) electrons. The zero-order chi connectivity index (χ0) is 14.1. The molecule has 2 fully saturated rings. The number of nitrogens with zero attached hydrogens (tertiary/aromatic N) is 1. The monoisotopic (exact) mass is 332 g/mol. The number of carbonyl (C=O) groups excluding carboxylic acids is 1. The van der Waals surface area contributed by atoms with Crippen molar-refractivity contribution in [3.05, 3.63) is 30.1 Å². The standard InChI is InChI=1S/C10H16O.C6H8N2.2ClH/c1-9(2)7-4-5-10(9,3)8(11)6-7;7-5-6-3-1-2-4-8-6;;/h7H,4-6H2,1-3H3;1-4H,5,7H2;2*1H. The molecule has 1 aromatic heterocycles. The zero-order valence-corrected chi connectivity index (χ0v) is 14.6. The van der Waals surface area contributed by atoms with Gasteiger partial charge in [-0.2, -0.15) is 0 Å². The maximum absolute atomic E-state index is 11.6. The number of hydrogen-bond acceptors (Lipinski definition) is 3. The van der Waals surface area contributed by atoms with Crippen LogP contribution in [-0.4, -0.2) is 10.8 Å². The average Bonchev–Trinajstić information content (AvgIpc) is 2.73. The van der Waals surface area contributed by atoms with Crippen molar-refractivity contribution < 1.29 is 4.79 Å². The summed E-state index contributed by atoms with van der Waals surface area (Å²) < 4.78 is 0. The van der Waals surface area contributed by atoms with Crippen molar-refractivity contribution in [1.29, 1.82) is 0 Å². The summed E-state index contributed by atoms with van der Waals surface area (Å²) in [5, 5.41) is 0. The molecule has 2 unspecified atom stereocenters. The van der Waals surface area contributed by atoms with Crippen LogP contribution in [0.1, 0.15) is 45.7 Å². The van der Waals surface area contributed by atoms with Crippen LogP contribution in [0.15, 0.2) is 24.4 Å². The lowest BCUT2D eigenvalue weighted by atomic mass is 9.70. The van der Waals surface area contributed by atoms with Crippen molar-refractivity contribution in [1.82, 2.24) is 4.98 Å². The number of pyridine rings is 1. The highest BCUT2D eigenvalue weighted by Gasteiger charge is 2.61. The maximum atomic E-state index is 11.6. The highest BCUT2D eigenvalue weighted by Crippen LogP contribution is 2.63. The fourth-order valence-electron chi connectivity index (χ4n) is 3.42. The Hall–Kier alpha value is -0.640. The number of Topliss-reactive ketones (excluding diaryl/α,β-unsaturated/α-hetero) is 1. The summed E-state index contributed by atoms with van der Waals surface area (Å²) >= 11 is 0. The van der Waals surface area contributed by atoms with Crippen molar-refractivity contribution >= 4 is 30.6 Å². The van der Waals surface area contributed by atoms with Gasteiger partial charge in [0.1, 0.15) is 5.78 Å². The first kappa shape index (κ1) is 20.4. The van der Waals surface area contributed by atoms with Gasteiger partial charge in [0.25, 0.3) is 0 Å². The Morgan fingerprint density at radius 1 is 1.29 bits per heavy atom. The molecular weight excluding hydrogens is 307 g/mol. The van der Waals surface area contributed by atoms with Gasteiger partial charge in [-0.3, -0.25) is 9.78 Å². The number of nitrogens with two attached hydrogens (primary N) is 1. The Morgan fingerprint density at radius 2 is 1.95 bits per heavy atom. The van der Waals surface area contributed by atoms with Crippen molar-refractivity contribution in [3.63, 3.8) is 0 Å². The number of fused-ring (bicyclic) bond motifs is 2. The van der Waals surface area contributed by atoms with Crippen LogP contribution < -0.4 is 5.73 Å². The van der Waals surface area contributed by atoms with E-state index in [0.717, 1.165) is 18.5 Å². The minimum atomic E-state index is 0. The van der Waals surface area contributed by atoms with Gasteiger partial charge in [0.2, 0.25) is 0 Å². The highest BCUT2D eigenvalue weighted by atomic mass is 35.5. The lowest BCUT2D eigenvalue weighted by Crippen LogP contribution is -2.32. The Balaban J connectivity index is 0.000000363. The fourth-order valence-corrected chi connectivity index (χ4v) is 3.42. The van der Waals surface area contributed by atoms with Gasteiger partial charge in [0, 0.05) is 24.6 Å². The van der Waals surface area contributed by atoms with Crippen LogP contribution in [-0.2, 0) is 11.3 Å². The van der Waals surface area contributed by atoms with Crippen LogP contribution in [0, 0.1) is 16.7 Å². The molecule has 2 N–H and O–H groups in total. The molecule has 2 saturated carbocycles. The average molecular weight is 333 g/mol. The second kappa shape index (κ2) is 7.57. The van der Waals surface area contributed by atoms with E-state index in [4.69, 9.17) is 5.73 Å². The summed E-state index contributed by atoms with van der Waals surface area (Å²) in [7, 11) is 0. The summed E-state index contributed by atoms with van der Waals surface area (Å²) in [6.07, 6.45) is 4.99. The van der Waals surface area contributed by atoms with Crippen LogP contribution in [0.25, 0.3) is 0 Å². The molecule has 2 aliphatic carbocycles. The number of ketones is 1. The molecule has 0 aromatic carbocycles. The van der Waals surface area contributed by atoms with Crippen molar-refractivity contribution in [2.75, 3.05) is 0 Å². The summed E-state index contributed by atoms with van der Waals surface area (Å²) in [6.45, 7) is 7.20. The quantitative estimate of drug-likeness (QED) is 0.851. The van der Waals surface area contributed by atoms with E-state index in [1.165, 1.54) is 6.42 Å². The molecule has 0 saturated heterocycles. The van der Waals surface area contributed by atoms with Crippen LogP contribution >= 0.6 is 24.8 Å². The first-order chi connectivity index (χ1) is 8.91. The number of halogens is 2. The van der Waals surface area contributed by atoms with E-state index in [1.54, 1.807) is 6.20 Å². The molecule has 2 bridgehead atoms. The summed E-state index contributed by atoms with van der Waals surface area (Å²) in [5.74, 6) is 1.19. The van der Waals surface area contributed by atoms with Gasteiger partial charge in [-0.1, -0.05) is 26.8 Å². The lowest BCUT2D eigenvalue weighted by molar-refractivity contribution is -0.128. The first-order valence-electron chi connectivity index (χ1n) is 7.05. The Bertz CT molecular complexity index is 465. The predicted molar refractivity (Wildman–Crippen MR) is 90.9 cm³/mol. The molecule has 1 aromatic rings. The van der Waals surface area contributed by atoms with Gasteiger partial charge in [-0.25, -0.2) is 0 Å². The van der Waals surface area contributed by atoms with Gasteiger partial charge in [-0.05, 0) is 36.3 Å². The summed E-state index contributed by atoms with van der Waals surface area (Å²) in [5.41, 5.74) is 6.53. The topological polar surface area (TPSA) is 56.0 Å². The molecule has 5 heteroatoms. The zero-order valence-electron chi connectivity index (χ0n) is 13.0. The van der Waals surface area contributed by atoms with Crippen LogP contribution in [0.2, 0.25) is 0 Å². The molecule has 0 spiro atoms. The number of aromatic nitrogens is 1. The SMILES string of the molecule is CC12CCC(CC1=O)C2(C)C.Cl.Cl.NCc1ccccn1. The van der Waals surface area contributed by atoms with Crippen molar-refractivity contribution in [2.45, 2.75) is 46.6 Å². The van der Waals surface area contributed by atoms with E-state index >= 15 is 0 Å². The molecule has 120 valence electrons. The van der Waals surface area contributed by atoms with E-state index in [0.29, 0.717) is 18.2 Å². The van der Waals surface area contributed by atoms with Gasteiger partial charge in [0.05, 0.1) is 5.69 Å². The third-order valence-corrected chi connectivity index (χ3v) is 5.42. The summed E-state index contributed by atoms with van der Waals surface area (Å²) in [6, 6.07) is 5.70. The minimum absolute atomic E-state index is 0. The number of rotatable bonds is 1. The van der Waals surface area contributed by atoms with Gasteiger partial charge >= 0.3 is 0 Å². The van der Waals surface area contributed by atoms with E-state index in [9.17, 15) is 4.79 Å². The number of hydrogen-bond donors (Lipinski definition) is 1. The van der Waals surface area contributed by atoms with Crippen LogP contribution in [0.4, 0.5) is 0 Å². The van der Waals surface area contributed by atoms with Crippen LogP contribution in [0.5, 0.6) is 0 Å². The van der Waals surface area contributed by atoms with Crippen LogP contribution in [0.3, 0.4) is 0 Å². The molecule has 2 atom stereocenters. The largest absolute Gasteiger partial charge is 0.325 e. The Labute approximate surface area is 139 Å². The fraction of sp³-hybridized carbons (Fsp3) is 0.625. The smallest absolute Gasteiger partial charge is 0.139 e. The molecular formula is C16H26Cl2N2O.